The van der Waals surface area contributed by atoms with E-state index in [1.165, 1.54) is 12.1 Å². The van der Waals surface area contributed by atoms with E-state index < -0.39 is 5.91 Å². The van der Waals surface area contributed by atoms with Crippen LogP contribution in [0.5, 0.6) is 17.2 Å². The van der Waals surface area contributed by atoms with Crippen molar-refractivity contribution in [2.45, 2.75) is 0 Å². The average molecular weight is 508 g/mol. The minimum Gasteiger partial charge on any atom is -0.506 e. The molecule has 162 valence electrons. The number of hydrogen-bond acceptors (Lipinski definition) is 3. The molecule has 0 atom stereocenters. The van der Waals surface area contributed by atoms with E-state index in [1.807, 2.05) is 29.1 Å². The molecular formula is C23H14Cl4N2O3. The number of ether oxygens (including phenoxy) is 1. The predicted octanol–water partition coefficient (Wildman–Crippen LogP) is 7.84. The Labute approximate surface area is 203 Å². The van der Waals surface area contributed by atoms with Crippen LogP contribution in [0.2, 0.25) is 20.1 Å². The van der Waals surface area contributed by atoms with Gasteiger partial charge in [0.15, 0.2) is 5.75 Å². The Bertz CT molecular complexity index is 1290. The summed E-state index contributed by atoms with van der Waals surface area (Å²) in [7, 11) is 0. The van der Waals surface area contributed by atoms with E-state index in [0.717, 1.165) is 0 Å². The number of rotatable bonds is 5. The molecule has 0 unspecified atom stereocenters. The van der Waals surface area contributed by atoms with Gasteiger partial charge in [0.2, 0.25) is 0 Å². The predicted molar refractivity (Wildman–Crippen MR) is 128 cm³/mol. The maximum absolute atomic E-state index is 12.9. The van der Waals surface area contributed by atoms with Gasteiger partial charge in [0.05, 0.1) is 27.0 Å². The third-order valence-corrected chi connectivity index (χ3v) is 5.56. The number of nitrogens with one attached hydrogen (secondary N) is 1. The van der Waals surface area contributed by atoms with E-state index in [-0.39, 0.29) is 27.0 Å². The molecule has 0 saturated carbocycles. The van der Waals surface area contributed by atoms with Gasteiger partial charge in [0.25, 0.3) is 5.91 Å². The quantitative estimate of drug-likeness (QED) is 0.289. The minimum atomic E-state index is -0.641. The van der Waals surface area contributed by atoms with Crippen molar-refractivity contribution in [2.75, 3.05) is 5.32 Å². The maximum atomic E-state index is 12.9. The maximum Gasteiger partial charge on any atom is 0.259 e. The average Bonchev–Trinajstić information content (AvgIpc) is 3.28. The summed E-state index contributed by atoms with van der Waals surface area (Å²) in [5.74, 6) is -0.206. The number of phenols is 1. The molecule has 0 aliphatic rings. The lowest BCUT2D eigenvalue weighted by Gasteiger charge is -2.16. The van der Waals surface area contributed by atoms with Crippen molar-refractivity contribution in [1.82, 2.24) is 4.57 Å². The summed E-state index contributed by atoms with van der Waals surface area (Å²) in [4.78, 5) is 12.9. The normalized spacial score (nSPS) is 10.8. The second kappa shape index (κ2) is 9.35. The fraction of sp³-hybridized carbons (Fsp3) is 0. The Balaban J connectivity index is 1.75. The van der Waals surface area contributed by atoms with Crippen molar-refractivity contribution in [3.8, 4) is 22.9 Å². The number of carbonyl (C=O) groups is 1. The first kappa shape index (κ1) is 22.4. The van der Waals surface area contributed by atoms with Crippen LogP contribution >= 0.6 is 46.4 Å². The number of nitrogens with zero attached hydrogens (tertiary/aromatic N) is 1. The van der Waals surface area contributed by atoms with Crippen molar-refractivity contribution >= 4 is 58.0 Å². The van der Waals surface area contributed by atoms with Crippen molar-refractivity contribution in [3.05, 3.63) is 98.7 Å². The highest BCUT2D eigenvalue weighted by Gasteiger charge is 2.19. The molecule has 0 fully saturated rings. The van der Waals surface area contributed by atoms with E-state index in [0.29, 0.717) is 27.2 Å². The lowest BCUT2D eigenvalue weighted by Crippen LogP contribution is -2.13. The molecule has 0 saturated heterocycles. The van der Waals surface area contributed by atoms with Crippen LogP contribution in [0.25, 0.3) is 5.69 Å². The van der Waals surface area contributed by atoms with Gasteiger partial charge in [-0.3, -0.25) is 4.79 Å². The summed E-state index contributed by atoms with van der Waals surface area (Å²) in [6, 6.07) is 16.4. The molecule has 32 heavy (non-hydrogen) atoms. The van der Waals surface area contributed by atoms with Crippen molar-refractivity contribution in [1.29, 1.82) is 0 Å². The number of phenolic OH excluding ortho intramolecular Hbond substituents is 1. The zero-order valence-electron chi connectivity index (χ0n) is 16.2. The first-order chi connectivity index (χ1) is 15.3. The monoisotopic (exact) mass is 506 g/mol. The summed E-state index contributed by atoms with van der Waals surface area (Å²) in [6.07, 6.45) is 3.66. The van der Waals surface area contributed by atoms with Crippen LogP contribution in [0.3, 0.4) is 0 Å². The Morgan fingerprint density at radius 1 is 0.875 bits per heavy atom. The lowest BCUT2D eigenvalue weighted by molar-refractivity contribution is 0.102. The molecule has 1 heterocycles. The summed E-state index contributed by atoms with van der Waals surface area (Å²) < 4.78 is 7.82. The van der Waals surface area contributed by atoms with Gasteiger partial charge in [-0.2, -0.15) is 0 Å². The zero-order chi connectivity index (χ0) is 22.8. The van der Waals surface area contributed by atoms with E-state index in [9.17, 15) is 9.90 Å². The van der Waals surface area contributed by atoms with Crippen LogP contribution in [-0.4, -0.2) is 15.6 Å². The van der Waals surface area contributed by atoms with Gasteiger partial charge in [0.1, 0.15) is 11.5 Å². The van der Waals surface area contributed by atoms with Crippen LogP contribution in [0.15, 0.2) is 73.1 Å². The third kappa shape index (κ3) is 4.81. The molecular weight excluding hydrogens is 494 g/mol. The summed E-state index contributed by atoms with van der Waals surface area (Å²) in [6.45, 7) is 0. The first-order valence-corrected chi connectivity index (χ1v) is 10.7. The number of aromatic hydroxyl groups is 1. The molecule has 0 aliphatic carbocycles. The molecule has 2 N–H and O–H groups in total. The summed E-state index contributed by atoms with van der Waals surface area (Å²) >= 11 is 24.4. The number of benzene rings is 3. The smallest absolute Gasteiger partial charge is 0.259 e. The minimum absolute atomic E-state index is 0.0405. The molecule has 4 rings (SSSR count). The van der Waals surface area contributed by atoms with Gasteiger partial charge < -0.3 is 19.7 Å². The first-order valence-electron chi connectivity index (χ1n) is 9.21. The van der Waals surface area contributed by atoms with Crippen molar-refractivity contribution < 1.29 is 14.6 Å². The molecule has 0 aliphatic heterocycles. The van der Waals surface area contributed by atoms with Gasteiger partial charge in [-0.1, -0.05) is 46.4 Å². The molecule has 1 amide bonds. The number of aromatic nitrogens is 1. The van der Waals surface area contributed by atoms with E-state index in [4.69, 9.17) is 51.1 Å². The topological polar surface area (TPSA) is 63.5 Å². The van der Waals surface area contributed by atoms with Crippen LogP contribution in [0.1, 0.15) is 10.4 Å². The summed E-state index contributed by atoms with van der Waals surface area (Å²) in [5, 5.41) is 14.0. The van der Waals surface area contributed by atoms with Crippen LogP contribution in [0, 0.1) is 0 Å². The van der Waals surface area contributed by atoms with E-state index in [1.54, 1.807) is 36.4 Å². The lowest BCUT2D eigenvalue weighted by atomic mass is 10.1. The Morgan fingerprint density at radius 3 is 2.25 bits per heavy atom. The molecule has 0 bridgehead atoms. The zero-order valence-corrected chi connectivity index (χ0v) is 19.2. The van der Waals surface area contributed by atoms with Crippen LogP contribution in [-0.2, 0) is 0 Å². The number of halogens is 4. The van der Waals surface area contributed by atoms with Crippen LogP contribution < -0.4 is 10.1 Å². The van der Waals surface area contributed by atoms with Crippen LogP contribution in [0.4, 0.5) is 5.69 Å². The fourth-order valence-corrected chi connectivity index (χ4v) is 3.86. The summed E-state index contributed by atoms with van der Waals surface area (Å²) in [5.41, 5.74) is 0.833. The van der Waals surface area contributed by atoms with E-state index in [2.05, 4.69) is 5.32 Å². The van der Waals surface area contributed by atoms with Gasteiger partial charge >= 0.3 is 0 Å². The molecule has 4 aromatic rings. The highest BCUT2D eigenvalue weighted by atomic mass is 35.5. The molecule has 9 heteroatoms. The second-order valence-corrected chi connectivity index (χ2v) is 8.37. The van der Waals surface area contributed by atoms with Crippen molar-refractivity contribution in [2.24, 2.45) is 0 Å². The van der Waals surface area contributed by atoms with Gasteiger partial charge in [-0.05, 0) is 54.6 Å². The Hall–Kier alpha value is -2.83. The molecule has 0 spiro atoms. The molecule has 3 aromatic carbocycles. The standard InChI is InChI=1S/C23H14Cl4N2O3/c24-13-3-5-15(6-4-13)32-21-12-20(29-7-1-2-8-29)17(26)11-19(21)28-23(31)16-9-14(25)10-18(27)22(16)30/h1-12,30H,(H,28,31). The number of hydrogen-bond donors (Lipinski definition) is 2. The van der Waals surface area contributed by atoms with Gasteiger partial charge in [-0.25, -0.2) is 0 Å². The second-order valence-electron chi connectivity index (χ2n) is 6.68. The highest BCUT2D eigenvalue weighted by molar-refractivity contribution is 6.36. The number of carbonyl (C=O) groups excluding carboxylic acids is 1. The Morgan fingerprint density at radius 2 is 1.56 bits per heavy atom. The van der Waals surface area contributed by atoms with Gasteiger partial charge in [-0.15, -0.1) is 0 Å². The fourth-order valence-electron chi connectivity index (χ4n) is 2.98. The Kier molecular flexibility index (Phi) is 6.53. The third-order valence-electron chi connectivity index (χ3n) is 4.49. The van der Waals surface area contributed by atoms with Crippen molar-refractivity contribution in [3.63, 3.8) is 0 Å². The SMILES string of the molecule is O=C(Nc1cc(Cl)c(-n2cccc2)cc1Oc1ccc(Cl)cc1)c1cc(Cl)cc(Cl)c1O. The number of anilines is 1. The molecule has 1 aromatic heterocycles. The largest absolute Gasteiger partial charge is 0.506 e. The number of amides is 1. The highest BCUT2D eigenvalue weighted by Crippen LogP contribution is 2.38. The van der Waals surface area contributed by atoms with E-state index >= 15 is 0 Å². The molecule has 0 radical (unpaired) electrons. The van der Waals surface area contributed by atoms with Gasteiger partial charge in [0, 0.05) is 28.5 Å². The molecule has 5 nitrogen and oxygen atoms in total.